The van der Waals surface area contributed by atoms with E-state index in [0.717, 1.165) is 23.1 Å². The van der Waals surface area contributed by atoms with Crippen LogP contribution in [0.4, 0.5) is 0 Å². The second-order valence-corrected chi connectivity index (χ2v) is 16.8. The highest BCUT2D eigenvalue weighted by Crippen LogP contribution is 2.47. The van der Waals surface area contributed by atoms with Gasteiger partial charge in [0.2, 0.25) is 0 Å². The van der Waals surface area contributed by atoms with Crippen molar-refractivity contribution in [3.8, 4) is 22.8 Å². The lowest BCUT2D eigenvalue weighted by Crippen LogP contribution is -2.11. The van der Waals surface area contributed by atoms with E-state index in [1.54, 1.807) is 11.3 Å². The molecule has 12 rings (SSSR count). The molecule has 0 radical (unpaired) electrons. The number of rotatable bonds is 4. The summed E-state index contributed by atoms with van der Waals surface area (Å²) in [6.07, 6.45) is 3.36. The van der Waals surface area contributed by atoms with Gasteiger partial charge in [0.1, 0.15) is 0 Å². The van der Waals surface area contributed by atoms with Crippen LogP contribution in [0.1, 0.15) is 27.7 Å². The lowest BCUT2D eigenvalue weighted by Gasteiger charge is -2.23. The second kappa shape index (κ2) is 12.5. The quantitative estimate of drug-likeness (QED) is 0.168. The van der Waals surface area contributed by atoms with Crippen molar-refractivity contribution in [2.45, 2.75) is 12.3 Å². The van der Waals surface area contributed by atoms with Crippen molar-refractivity contribution in [1.29, 1.82) is 0 Å². The molecule has 0 N–H and O–H groups in total. The first-order chi connectivity index (χ1) is 27.7. The zero-order valence-corrected chi connectivity index (χ0v) is 31.7. The molecule has 0 bridgehead atoms. The number of fused-ring (bicyclic) bond motifs is 12. The van der Waals surface area contributed by atoms with Crippen LogP contribution in [0.3, 0.4) is 0 Å². The van der Waals surface area contributed by atoms with Gasteiger partial charge in [-0.3, -0.25) is 0 Å². The first-order valence-corrected chi connectivity index (χ1v) is 20.7. The predicted octanol–water partition coefficient (Wildman–Crippen LogP) is 14.0. The van der Waals surface area contributed by atoms with E-state index in [1.807, 2.05) is 17.4 Å². The van der Waals surface area contributed by atoms with Crippen molar-refractivity contribution >= 4 is 90.8 Å². The molecule has 0 saturated carbocycles. The van der Waals surface area contributed by atoms with E-state index in [1.165, 1.54) is 78.6 Å². The fourth-order valence-electron chi connectivity index (χ4n) is 8.89. The van der Waals surface area contributed by atoms with Crippen LogP contribution in [-0.4, -0.2) is 15.0 Å². The second-order valence-electron chi connectivity index (χ2n) is 14.6. The van der Waals surface area contributed by atoms with Crippen LogP contribution in [0, 0.1) is 0 Å². The van der Waals surface area contributed by atoms with Gasteiger partial charge in [-0.15, -0.1) is 22.7 Å². The molecular weight excluding hydrogens is 719 g/mol. The minimum atomic E-state index is 0.131. The third-order valence-corrected chi connectivity index (χ3v) is 13.9. The monoisotopic (exact) mass is 749 g/mol. The Morgan fingerprint density at radius 2 is 1.00 bits per heavy atom. The van der Waals surface area contributed by atoms with Gasteiger partial charge in [0.25, 0.3) is 0 Å². The Bertz CT molecular complexity index is 3380. The molecule has 56 heavy (non-hydrogen) atoms. The van der Waals surface area contributed by atoms with Crippen molar-refractivity contribution in [2.24, 2.45) is 0 Å². The zero-order valence-electron chi connectivity index (χ0n) is 30.1. The van der Waals surface area contributed by atoms with Crippen molar-refractivity contribution in [3.63, 3.8) is 0 Å². The van der Waals surface area contributed by atoms with Crippen molar-refractivity contribution < 1.29 is 0 Å². The summed E-state index contributed by atoms with van der Waals surface area (Å²) in [7, 11) is 0. The molecule has 3 aromatic heterocycles. The van der Waals surface area contributed by atoms with Crippen LogP contribution < -0.4 is 0 Å². The fraction of sp³-hybridized carbons (Fsp3) is 0.0392. The normalized spacial score (nSPS) is 14.3. The minimum Gasteiger partial charge on any atom is -0.208 e. The number of nitrogens with zero attached hydrogens (tertiary/aromatic N) is 3. The fourth-order valence-corrected chi connectivity index (χ4v) is 11.4. The van der Waals surface area contributed by atoms with Gasteiger partial charge in [0.15, 0.2) is 17.5 Å². The van der Waals surface area contributed by atoms with Gasteiger partial charge in [-0.2, -0.15) is 0 Å². The van der Waals surface area contributed by atoms with Crippen molar-refractivity contribution in [3.05, 3.63) is 192 Å². The highest BCUT2D eigenvalue weighted by atomic mass is 32.1. The SMILES string of the molecule is C1=C(c2nc(-c3ccccc3)nc(-c3cccc4c3sc3ccccc34)n2)c2c(sc3ccccc23)CC1c1ccc2c3ccccc3c3ccccc3c2c1. The molecule has 0 fully saturated rings. The van der Waals surface area contributed by atoms with Gasteiger partial charge in [-0.25, -0.2) is 15.0 Å². The maximum absolute atomic E-state index is 5.43. The number of hydrogen-bond donors (Lipinski definition) is 0. The smallest absolute Gasteiger partial charge is 0.165 e. The Balaban J connectivity index is 1.10. The zero-order chi connectivity index (χ0) is 36.7. The van der Waals surface area contributed by atoms with E-state index in [9.17, 15) is 0 Å². The molecule has 0 amide bonds. The summed E-state index contributed by atoms with van der Waals surface area (Å²) in [5.74, 6) is 2.21. The van der Waals surface area contributed by atoms with E-state index in [4.69, 9.17) is 15.0 Å². The summed E-state index contributed by atoms with van der Waals surface area (Å²) in [5, 5.41) is 11.5. The lowest BCUT2D eigenvalue weighted by atomic mass is 9.82. The molecule has 3 nitrogen and oxygen atoms in total. The van der Waals surface area contributed by atoms with E-state index in [0.29, 0.717) is 17.5 Å². The lowest BCUT2D eigenvalue weighted by molar-refractivity contribution is 0.836. The standard InChI is InChI=1S/C51H31N3S2/c1-2-13-30(14-3-1)49-52-50(41-22-12-21-39-38-19-8-10-23-44(38)56-48(39)41)54-51(53-49)43-28-32(29-46-47(43)40-20-9-11-24-45(40)55-46)31-25-26-37-35-17-5-4-15-33(35)34-16-6-7-18-36(34)42(37)27-31/h1-28,32H,29H2. The van der Waals surface area contributed by atoms with Crippen LogP contribution in [-0.2, 0) is 6.42 Å². The summed E-state index contributed by atoms with van der Waals surface area (Å²) >= 11 is 3.70. The number of thiophene rings is 2. The highest BCUT2D eigenvalue weighted by Gasteiger charge is 2.29. The maximum atomic E-state index is 5.43. The Morgan fingerprint density at radius 3 is 1.75 bits per heavy atom. The summed E-state index contributed by atoms with van der Waals surface area (Å²) in [6, 6.07) is 59.0. The van der Waals surface area contributed by atoms with Crippen molar-refractivity contribution in [2.75, 3.05) is 0 Å². The molecule has 11 aromatic rings. The Hall–Kier alpha value is -6.53. The molecule has 3 heterocycles. The molecule has 0 spiro atoms. The third-order valence-electron chi connectivity index (χ3n) is 11.5. The van der Waals surface area contributed by atoms with Gasteiger partial charge >= 0.3 is 0 Å². The number of aromatic nitrogens is 3. The first-order valence-electron chi connectivity index (χ1n) is 19.0. The van der Waals surface area contributed by atoms with E-state index >= 15 is 0 Å². The summed E-state index contributed by atoms with van der Waals surface area (Å²) < 4.78 is 3.74. The van der Waals surface area contributed by atoms with Gasteiger partial charge in [0.05, 0.1) is 0 Å². The Labute approximate surface area is 330 Å². The predicted molar refractivity (Wildman–Crippen MR) is 238 cm³/mol. The summed E-state index contributed by atoms with van der Waals surface area (Å²) in [4.78, 5) is 17.4. The van der Waals surface area contributed by atoms with Crippen LogP contribution in [0.5, 0.6) is 0 Å². The van der Waals surface area contributed by atoms with Crippen molar-refractivity contribution in [1.82, 2.24) is 15.0 Å². The van der Waals surface area contributed by atoms with E-state index in [-0.39, 0.29) is 5.92 Å². The molecule has 0 aliphatic heterocycles. The molecule has 1 aliphatic carbocycles. The van der Waals surface area contributed by atoms with E-state index < -0.39 is 0 Å². The molecule has 1 unspecified atom stereocenters. The maximum Gasteiger partial charge on any atom is 0.165 e. The largest absolute Gasteiger partial charge is 0.208 e. The number of allylic oxidation sites excluding steroid dienone is 1. The highest BCUT2D eigenvalue weighted by molar-refractivity contribution is 7.26. The van der Waals surface area contributed by atoms with Crippen LogP contribution >= 0.6 is 22.7 Å². The summed E-state index contributed by atoms with van der Waals surface area (Å²) in [5.41, 5.74) is 5.61. The van der Waals surface area contributed by atoms with Gasteiger partial charge in [-0.1, -0.05) is 146 Å². The van der Waals surface area contributed by atoms with Crippen LogP contribution in [0.25, 0.3) is 90.9 Å². The number of hydrogen-bond acceptors (Lipinski definition) is 5. The van der Waals surface area contributed by atoms with Crippen LogP contribution in [0.15, 0.2) is 170 Å². The molecule has 1 aliphatic rings. The first kappa shape index (κ1) is 31.8. The average Bonchev–Trinajstić information content (AvgIpc) is 3.85. The van der Waals surface area contributed by atoms with Gasteiger partial charge in [-0.05, 0) is 68.6 Å². The summed E-state index contributed by atoms with van der Waals surface area (Å²) in [6.45, 7) is 0. The Kier molecular flexibility index (Phi) is 7.10. The minimum absolute atomic E-state index is 0.131. The number of benzene rings is 8. The van der Waals surface area contributed by atoms with E-state index in [2.05, 4.69) is 164 Å². The Morgan fingerprint density at radius 1 is 0.429 bits per heavy atom. The molecule has 5 heteroatoms. The van der Waals surface area contributed by atoms with Gasteiger partial charge < -0.3 is 0 Å². The van der Waals surface area contributed by atoms with Crippen LogP contribution in [0.2, 0.25) is 0 Å². The third kappa shape index (κ3) is 4.91. The molecule has 8 aromatic carbocycles. The van der Waals surface area contributed by atoms with Gasteiger partial charge in [0, 0.05) is 63.3 Å². The molecule has 1 atom stereocenters. The average molecular weight is 750 g/mol. The molecule has 262 valence electrons. The topological polar surface area (TPSA) is 38.7 Å². The molecular formula is C51H31N3S2. The molecule has 0 saturated heterocycles.